The highest BCUT2D eigenvalue weighted by molar-refractivity contribution is 5.01. The summed E-state index contributed by atoms with van der Waals surface area (Å²) in [5.74, 6) is 0. The number of hydrogen-bond donors (Lipinski definition) is 2. The van der Waals surface area contributed by atoms with Crippen molar-refractivity contribution in [2.45, 2.75) is 45.6 Å². The summed E-state index contributed by atoms with van der Waals surface area (Å²) in [7, 11) is 2.00. The van der Waals surface area contributed by atoms with Gasteiger partial charge in [0.25, 0.3) is 0 Å². The first-order valence-electron chi connectivity index (χ1n) is 6.27. The summed E-state index contributed by atoms with van der Waals surface area (Å²) in [4.78, 5) is 0. The van der Waals surface area contributed by atoms with Gasteiger partial charge in [-0.25, -0.2) is 0 Å². The van der Waals surface area contributed by atoms with Crippen molar-refractivity contribution in [2.24, 2.45) is 0 Å². The third-order valence-electron chi connectivity index (χ3n) is 2.72. The van der Waals surface area contributed by atoms with E-state index in [0.717, 1.165) is 37.1 Å². The van der Waals surface area contributed by atoms with E-state index < -0.39 is 0 Å². The molecule has 0 aromatic heterocycles. The van der Waals surface area contributed by atoms with Gasteiger partial charge in [0, 0.05) is 17.8 Å². The Morgan fingerprint density at radius 2 is 1.88 bits per heavy atom. The van der Waals surface area contributed by atoms with Crippen LogP contribution in [-0.2, 0) is 0 Å². The summed E-state index contributed by atoms with van der Waals surface area (Å²) < 4.78 is 0. The fraction of sp³-hybridized carbons (Fsp3) is 0.600. The van der Waals surface area contributed by atoms with E-state index in [1.165, 1.54) is 0 Å². The Labute approximate surface area is 107 Å². The molecule has 0 radical (unpaired) electrons. The topological polar surface area (TPSA) is 24.1 Å². The normalized spacial score (nSPS) is 11.8. The van der Waals surface area contributed by atoms with Crippen molar-refractivity contribution in [1.82, 2.24) is 10.6 Å². The Hall–Kier alpha value is -1.02. The lowest BCUT2D eigenvalue weighted by Crippen LogP contribution is -2.35. The van der Waals surface area contributed by atoms with Crippen LogP contribution in [0.1, 0.15) is 40.0 Å². The molecule has 0 aliphatic carbocycles. The van der Waals surface area contributed by atoms with Gasteiger partial charge in [-0.05, 0) is 47.1 Å². The molecule has 0 spiro atoms. The molecule has 0 aliphatic heterocycles. The maximum atomic E-state index is 3.99. The highest BCUT2D eigenvalue weighted by Crippen LogP contribution is 2.09. The number of hydrogen-bond acceptors (Lipinski definition) is 2. The second-order valence-electron chi connectivity index (χ2n) is 5.26. The summed E-state index contributed by atoms with van der Waals surface area (Å²) in [6, 6.07) is 0. The van der Waals surface area contributed by atoms with E-state index in [0.29, 0.717) is 0 Å². The van der Waals surface area contributed by atoms with Crippen LogP contribution in [0.25, 0.3) is 0 Å². The van der Waals surface area contributed by atoms with Crippen LogP contribution in [0.4, 0.5) is 0 Å². The lowest BCUT2D eigenvalue weighted by Gasteiger charge is -2.21. The third kappa shape index (κ3) is 9.88. The zero-order valence-electron chi connectivity index (χ0n) is 11.9. The second kappa shape index (κ2) is 8.13. The fourth-order valence-electron chi connectivity index (χ4n) is 1.22. The van der Waals surface area contributed by atoms with Gasteiger partial charge in [0.2, 0.25) is 0 Å². The average molecular weight is 236 g/mol. The Bertz CT molecular complexity index is 275. The zero-order valence-corrected chi connectivity index (χ0v) is 11.9. The van der Waals surface area contributed by atoms with E-state index in [1.807, 2.05) is 14.0 Å². The third-order valence-corrected chi connectivity index (χ3v) is 2.72. The zero-order chi connectivity index (χ0) is 13.3. The van der Waals surface area contributed by atoms with Gasteiger partial charge in [0.15, 0.2) is 0 Å². The van der Waals surface area contributed by atoms with E-state index in [4.69, 9.17) is 0 Å². The summed E-state index contributed by atoms with van der Waals surface area (Å²) in [6.07, 6.45) is 7.55. The Kier molecular flexibility index (Phi) is 7.64. The first kappa shape index (κ1) is 16.0. The standard InChI is InChI=1S/C15H28N2/c1-13(2)12-17-14(3)10-8-7-9-11-15(4,5)16-6/h7,9,16-17H,1,3,8,10-12H2,2,4-6H3/b9-7+. The van der Waals surface area contributed by atoms with Crippen molar-refractivity contribution < 1.29 is 0 Å². The summed E-state index contributed by atoms with van der Waals surface area (Å²) >= 11 is 0. The van der Waals surface area contributed by atoms with E-state index >= 15 is 0 Å². The minimum Gasteiger partial charge on any atom is -0.385 e. The van der Waals surface area contributed by atoms with Gasteiger partial charge in [0.05, 0.1) is 0 Å². The lowest BCUT2D eigenvalue weighted by molar-refractivity contribution is 0.429. The largest absolute Gasteiger partial charge is 0.385 e. The molecule has 0 rings (SSSR count). The van der Waals surface area contributed by atoms with Gasteiger partial charge >= 0.3 is 0 Å². The van der Waals surface area contributed by atoms with Crippen molar-refractivity contribution in [2.75, 3.05) is 13.6 Å². The smallest absolute Gasteiger partial charge is 0.0351 e. The SMILES string of the molecule is C=C(C)CNC(=C)CC/C=C/CC(C)(C)NC. The van der Waals surface area contributed by atoms with Gasteiger partial charge in [-0.3, -0.25) is 0 Å². The fourth-order valence-corrected chi connectivity index (χ4v) is 1.22. The first-order valence-corrected chi connectivity index (χ1v) is 6.27. The molecule has 17 heavy (non-hydrogen) atoms. The van der Waals surface area contributed by atoms with Crippen LogP contribution >= 0.6 is 0 Å². The number of nitrogens with one attached hydrogen (secondary N) is 2. The van der Waals surface area contributed by atoms with Crippen molar-refractivity contribution >= 4 is 0 Å². The molecule has 2 N–H and O–H groups in total. The van der Waals surface area contributed by atoms with Gasteiger partial charge in [-0.15, -0.1) is 0 Å². The molecule has 0 saturated heterocycles. The van der Waals surface area contributed by atoms with Crippen molar-refractivity contribution in [3.8, 4) is 0 Å². The highest BCUT2D eigenvalue weighted by atomic mass is 14.9. The lowest BCUT2D eigenvalue weighted by atomic mass is 10.0. The molecule has 0 heterocycles. The molecule has 0 aromatic rings. The van der Waals surface area contributed by atoms with Crippen molar-refractivity contribution in [3.63, 3.8) is 0 Å². The highest BCUT2D eigenvalue weighted by Gasteiger charge is 2.10. The molecule has 0 fully saturated rings. The quantitative estimate of drug-likeness (QED) is 0.600. The average Bonchev–Trinajstić information content (AvgIpc) is 2.25. The van der Waals surface area contributed by atoms with Gasteiger partial charge in [0.1, 0.15) is 0 Å². The van der Waals surface area contributed by atoms with Crippen LogP contribution in [-0.4, -0.2) is 19.1 Å². The molecule has 0 atom stereocenters. The molecule has 0 saturated carbocycles. The molecule has 2 nitrogen and oxygen atoms in total. The van der Waals surface area contributed by atoms with Gasteiger partial charge in [-0.2, -0.15) is 0 Å². The predicted molar refractivity (Wildman–Crippen MR) is 78.1 cm³/mol. The first-order chi connectivity index (χ1) is 7.87. The molecular formula is C15H28N2. The summed E-state index contributed by atoms with van der Waals surface area (Å²) in [5, 5.41) is 6.54. The van der Waals surface area contributed by atoms with Crippen LogP contribution in [0, 0.1) is 0 Å². The summed E-state index contributed by atoms with van der Waals surface area (Å²) in [6.45, 7) is 15.1. The molecular weight excluding hydrogens is 208 g/mol. The van der Waals surface area contributed by atoms with Crippen LogP contribution in [0.15, 0.2) is 36.6 Å². The molecule has 0 unspecified atom stereocenters. The second-order valence-corrected chi connectivity index (χ2v) is 5.26. The summed E-state index contributed by atoms with van der Waals surface area (Å²) in [5.41, 5.74) is 2.41. The van der Waals surface area contributed by atoms with Crippen LogP contribution in [0.3, 0.4) is 0 Å². The van der Waals surface area contributed by atoms with E-state index in [2.05, 4.69) is 49.8 Å². The van der Waals surface area contributed by atoms with E-state index in [-0.39, 0.29) is 5.54 Å². The van der Waals surface area contributed by atoms with Crippen LogP contribution < -0.4 is 10.6 Å². The van der Waals surface area contributed by atoms with Crippen LogP contribution in [0.5, 0.6) is 0 Å². The molecule has 0 aromatic carbocycles. The van der Waals surface area contributed by atoms with Crippen LogP contribution in [0.2, 0.25) is 0 Å². The molecule has 0 bridgehead atoms. The molecule has 0 aliphatic rings. The minimum atomic E-state index is 0.186. The molecule has 0 amide bonds. The maximum absolute atomic E-state index is 3.99. The van der Waals surface area contributed by atoms with Gasteiger partial charge < -0.3 is 10.6 Å². The number of allylic oxidation sites excluding steroid dienone is 2. The Morgan fingerprint density at radius 3 is 2.41 bits per heavy atom. The Balaban J connectivity index is 3.66. The Morgan fingerprint density at radius 1 is 1.24 bits per heavy atom. The molecule has 2 heteroatoms. The van der Waals surface area contributed by atoms with Crippen molar-refractivity contribution in [3.05, 3.63) is 36.6 Å². The maximum Gasteiger partial charge on any atom is 0.0351 e. The van der Waals surface area contributed by atoms with Gasteiger partial charge in [-0.1, -0.05) is 30.9 Å². The monoisotopic (exact) mass is 236 g/mol. The van der Waals surface area contributed by atoms with E-state index in [1.54, 1.807) is 0 Å². The van der Waals surface area contributed by atoms with E-state index in [9.17, 15) is 0 Å². The number of rotatable bonds is 9. The predicted octanol–water partition coefficient (Wildman–Crippen LogP) is 3.39. The molecule has 98 valence electrons. The van der Waals surface area contributed by atoms with Crippen molar-refractivity contribution in [1.29, 1.82) is 0 Å². The minimum absolute atomic E-state index is 0.186.